The largest absolute Gasteiger partial charge is 0.353 e. The van der Waals surface area contributed by atoms with Crippen LogP contribution in [0.15, 0.2) is 12.1 Å². The second-order valence-electron chi connectivity index (χ2n) is 7.10. The first-order valence-electron chi connectivity index (χ1n) is 7.92. The van der Waals surface area contributed by atoms with Gasteiger partial charge in [-0.3, -0.25) is 4.90 Å². The Morgan fingerprint density at radius 3 is 2.24 bits per heavy atom. The number of rotatable bonds is 4. The molecule has 0 saturated carbocycles. The molecule has 0 aromatic carbocycles. The molecule has 0 unspecified atom stereocenters. The lowest BCUT2D eigenvalue weighted by atomic mass is 10.1. The van der Waals surface area contributed by atoms with Crippen molar-refractivity contribution in [2.75, 3.05) is 31.1 Å². The molecule has 1 aliphatic heterocycles. The summed E-state index contributed by atoms with van der Waals surface area (Å²) in [5, 5.41) is 12.2. The van der Waals surface area contributed by atoms with E-state index in [0.717, 1.165) is 44.2 Å². The molecule has 1 N–H and O–H groups in total. The Morgan fingerprint density at radius 1 is 1.10 bits per heavy atom. The zero-order chi connectivity index (χ0) is 15.5. The van der Waals surface area contributed by atoms with Crippen LogP contribution in [-0.4, -0.2) is 52.9 Å². The Hall–Kier alpha value is -1.20. The quantitative estimate of drug-likeness (QED) is 0.918. The Morgan fingerprint density at radius 2 is 1.76 bits per heavy atom. The highest BCUT2D eigenvalue weighted by Gasteiger charge is 2.20. The van der Waals surface area contributed by atoms with E-state index in [0.29, 0.717) is 6.04 Å². The number of piperazine rings is 1. The van der Waals surface area contributed by atoms with E-state index in [1.165, 1.54) is 0 Å². The maximum absolute atomic E-state index is 4.39. The molecule has 1 aliphatic rings. The van der Waals surface area contributed by atoms with Crippen LogP contribution >= 0.6 is 0 Å². The minimum Gasteiger partial charge on any atom is -0.353 e. The van der Waals surface area contributed by atoms with E-state index in [1.54, 1.807) is 0 Å². The number of nitrogens with one attached hydrogen (secondary N) is 1. The second-order valence-corrected chi connectivity index (χ2v) is 7.10. The first-order chi connectivity index (χ1) is 9.85. The van der Waals surface area contributed by atoms with Gasteiger partial charge < -0.3 is 10.2 Å². The van der Waals surface area contributed by atoms with Gasteiger partial charge >= 0.3 is 0 Å². The zero-order valence-electron chi connectivity index (χ0n) is 14.1. The molecule has 1 aromatic rings. The fourth-order valence-corrected chi connectivity index (χ4v) is 2.44. The highest BCUT2D eigenvalue weighted by atomic mass is 15.3. The first-order valence-corrected chi connectivity index (χ1v) is 7.92. The topological polar surface area (TPSA) is 44.3 Å². The van der Waals surface area contributed by atoms with Crippen LogP contribution in [0.25, 0.3) is 0 Å². The molecule has 1 aromatic heterocycles. The molecule has 0 radical (unpaired) electrons. The molecule has 1 fully saturated rings. The van der Waals surface area contributed by atoms with Gasteiger partial charge in [0.25, 0.3) is 0 Å². The van der Waals surface area contributed by atoms with Crippen molar-refractivity contribution in [3.63, 3.8) is 0 Å². The summed E-state index contributed by atoms with van der Waals surface area (Å²) in [6, 6.07) is 4.80. The molecular weight excluding hydrogens is 262 g/mol. The van der Waals surface area contributed by atoms with Gasteiger partial charge in [0.15, 0.2) is 5.82 Å². The highest BCUT2D eigenvalue weighted by molar-refractivity contribution is 5.38. The van der Waals surface area contributed by atoms with E-state index in [9.17, 15) is 0 Å². The van der Waals surface area contributed by atoms with Crippen molar-refractivity contribution >= 4 is 5.82 Å². The molecule has 2 rings (SSSR count). The van der Waals surface area contributed by atoms with Gasteiger partial charge in [0.05, 0.1) is 5.69 Å². The van der Waals surface area contributed by atoms with Gasteiger partial charge in [0, 0.05) is 44.3 Å². The summed E-state index contributed by atoms with van der Waals surface area (Å²) < 4.78 is 0. The predicted octanol–water partition coefficient (Wildman–Crippen LogP) is 1.90. The number of hydrogen-bond donors (Lipinski definition) is 1. The average Bonchev–Trinajstić information content (AvgIpc) is 2.45. The molecule has 5 nitrogen and oxygen atoms in total. The molecule has 0 aliphatic carbocycles. The fourth-order valence-electron chi connectivity index (χ4n) is 2.44. The lowest BCUT2D eigenvalue weighted by molar-refractivity contribution is 0.209. The number of anilines is 1. The number of hydrogen-bond acceptors (Lipinski definition) is 5. The normalized spacial score (nSPS) is 17.5. The van der Waals surface area contributed by atoms with Gasteiger partial charge in [-0.2, -0.15) is 5.10 Å². The lowest BCUT2D eigenvalue weighted by Gasteiger charge is -2.37. The van der Waals surface area contributed by atoms with Crippen molar-refractivity contribution in [1.82, 2.24) is 20.4 Å². The van der Waals surface area contributed by atoms with Crippen molar-refractivity contribution in [3.8, 4) is 0 Å². The van der Waals surface area contributed by atoms with E-state index in [-0.39, 0.29) is 5.54 Å². The zero-order valence-corrected chi connectivity index (χ0v) is 14.1. The summed E-state index contributed by atoms with van der Waals surface area (Å²) in [4.78, 5) is 4.83. The van der Waals surface area contributed by atoms with E-state index in [4.69, 9.17) is 0 Å². The molecule has 5 heteroatoms. The van der Waals surface area contributed by atoms with Gasteiger partial charge in [0.2, 0.25) is 0 Å². The minimum atomic E-state index is 0.105. The molecule has 0 bridgehead atoms. The number of nitrogens with zero attached hydrogens (tertiary/aromatic N) is 4. The summed E-state index contributed by atoms with van der Waals surface area (Å²) in [7, 11) is 0. The minimum absolute atomic E-state index is 0.105. The molecule has 2 heterocycles. The molecule has 21 heavy (non-hydrogen) atoms. The van der Waals surface area contributed by atoms with Gasteiger partial charge in [-0.15, -0.1) is 5.10 Å². The van der Waals surface area contributed by atoms with Gasteiger partial charge in [-0.05, 0) is 46.8 Å². The Kier molecular flexibility index (Phi) is 5.17. The Labute approximate surface area is 128 Å². The summed E-state index contributed by atoms with van der Waals surface area (Å²) >= 11 is 0. The molecule has 0 spiro atoms. The van der Waals surface area contributed by atoms with Crippen molar-refractivity contribution in [2.45, 2.75) is 52.7 Å². The monoisotopic (exact) mass is 291 g/mol. The Bertz CT molecular complexity index is 427. The van der Waals surface area contributed by atoms with Crippen LogP contribution in [-0.2, 0) is 6.54 Å². The second kappa shape index (κ2) is 6.71. The van der Waals surface area contributed by atoms with E-state index in [1.807, 2.05) is 0 Å². The highest BCUT2D eigenvalue weighted by Crippen LogP contribution is 2.14. The maximum Gasteiger partial charge on any atom is 0.151 e. The van der Waals surface area contributed by atoms with Crippen molar-refractivity contribution in [3.05, 3.63) is 17.8 Å². The predicted molar refractivity (Wildman–Crippen MR) is 87.5 cm³/mol. The molecular formula is C16H29N5. The first kappa shape index (κ1) is 16.2. The van der Waals surface area contributed by atoms with Crippen LogP contribution in [0.5, 0.6) is 0 Å². The smallest absolute Gasteiger partial charge is 0.151 e. The van der Waals surface area contributed by atoms with Crippen LogP contribution in [0.1, 0.15) is 40.3 Å². The van der Waals surface area contributed by atoms with Crippen LogP contribution in [0, 0.1) is 0 Å². The van der Waals surface area contributed by atoms with Gasteiger partial charge in [-0.1, -0.05) is 0 Å². The van der Waals surface area contributed by atoms with Crippen LogP contribution in [0.2, 0.25) is 0 Å². The van der Waals surface area contributed by atoms with E-state index < -0.39 is 0 Å². The lowest BCUT2D eigenvalue weighted by Crippen LogP contribution is -2.49. The third-order valence-electron chi connectivity index (χ3n) is 3.87. The molecule has 118 valence electrons. The van der Waals surface area contributed by atoms with Crippen LogP contribution in [0.3, 0.4) is 0 Å². The SMILES string of the molecule is CC(C)N1CCN(c2ccc(CNC(C)(C)C)nn2)CC1. The van der Waals surface area contributed by atoms with Crippen LogP contribution < -0.4 is 10.2 Å². The van der Waals surface area contributed by atoms with Crippen molar-refractivity contribution in [1.29, 1.82) is 0 Å². The summed E-state index contributed by atoms with van der Waals surface area (Å²) in [6.45, 7) is 16.0. The van der Waals surface area contributed by atoms with Crippen molar-refractivity contribution in [2.24, 2.45) is 0 Å². The van der Waals surface area contributed by atoms with Crippen molar-refractivity contribution < 1.29 is 0 Å². The standard InChI is InChI=1S/C16H29N5/c1-13(2)20-8-10-21(11-9-20)15-7-6-14(18-19-15)12-17-16(3,4)5/h6-7,13,17H,8-12H2,1-5H3. The average molecular weight is 291 g/mol. The van der Waals surface area contributed by atoms with Crippen LogP contribution in [0.4, 0.5) is 5.82 Å². The Balaban J connectivity index is 1.88. The van der Waals surface area contributed by atoms with Gasteiger partial charge in [0.1, 0.15) is 0 Å². The summed E-state index contributed by atoms with van der Waals surface area (Å²) in [5.74, 6) is 0.998. The third kappa shape index (κ3) is 4.93. The third-order valence-corrected chi connectivity index (χ3v) is 3.87. The van der Waals surface area contributed by atoms with Gasteiger partial charge in [-0.25, -0.2) is 0 Å². The molecule has 0 atom stereocenters. The maximum atomic E-state index is 4.39. The summed E-state index contributed by atoms with van der Waals surface area (Å²) in [6.07, 6.45) is 0. The fraction of sp³-hybridized carbons (Fsp3) is 0.750. The van der Waals surface area contributed by atoms with E-state index in [2.05, 4.69) is 72.1 Å². The number of aromatic nitrogens is 2. The molecule has 0 amide bonds. The van der Waals surface area contributed by atoms with E-state index >= 15 is 0 Å². The summed E-state index contributed by atoms with van der Waals surface area (Å²) in [5.41, 5.74) is 1.10. The molecule has 1 saturated heterocycles.